The Labute approximate surface area is 140 Å². The van der Waals surface area contributed by atoms with Gasteiger partial charge in [-0.1, -0.05) is 13.0 Å². The molecule has 1 aromatic carbocycles. The van der Waals surface area contributed by atoms with Crippen LogP contribution < -0.4 is 5.43 Å². The zero-order valence-corrected chi connectivity index (χ0v) is 14.6. The first-order valence-corrected chi connectivity index (χ1v) is 9.31. The van der Waals surface area contributed by atoms with Gasteiger partial charge in [0.1, 0.15) is 0 Å². The molecule has 0 radical (unpaired) electrons. The van der Waals surface area contributed by atoms with Crippen molar-refractivity contribution in [3.63, 3.8) is 0 Å². The van der Waals surface area contributed by atoms with Crippen molar-refractivity contribution in [3.05, 3.63) is 44.0 Å². The van der Waals surface area contributed by atoms with Crippen LogP contribution in [0.1, 0.15) is 56.1 Å². The number of aliphatic hydroxyl groups is 1. The first-order valence-electron chi connectivity index (χ1n) is 8.51. The number of hydrogen-bond donors (Lipinski definition) is 1. The van der Waals surface area contributed by atoms with Gasteiger partial charge in [0, 0.05) is 0 Å². The van der Waals surface area contributed by atoms with Crippen molar-refractivity contribution in [2.75, 3.05) is 0 Å². The third-order valence-corrected chi connectivity index (χ3v) is 7.47. The van der Waals surface area contributed by atoms with Gasteiger partial charge in [-0.3, -0.25) is 4.79 Å². The SMILES string of the molecule is C[C@]12CC[C@@H]3c4ccc(=O)c(Br)cc4CC[C@H]3[C@@H]1CC[C@@H]2O. The number of rotatable bonds is 0. The van der Waals surface area contributed by atoms with Gasteiger partial charge >= 0.3 is 0 Å². The molecule has 2 saturated carbocycles. The summed E-state index contributed by atoms with van der Waals surface area (Å²) in [6.45, 7) is 2.30. The maximum Gasteiger partial charge on any atom is 0.192 e. The third kappa shape index (κ3) is 2.05. The number of aliphatic hydroxyl groups excluding tert-OH is 1. The summed E-state index contributed by atoms with van der Waals surface area (Å²) in [5.74, 6) is 1.90. The molecule has 0 aromatic heterocycles. The van der Waals surface area contributed by atoms with Gasteiger partial charge in [-0.25, -0.2) is 0 Å². The van der Waals surface area contributed by atoms with E-state index in [1.54, 1.807) is 6.07 Å². The summed E-state index contributed by atoms with van der Waals surface area (Å²) in [5.41, 5.74) is 2.93. The molecule has 4 rings (SSSR count). The van der Waals surface area contributed by atoms with Crippen LogP contribution in [0, 0.1) is 17.3 Å². The van der Waals surface area contributed by atoms with Gasteiger partial charge in [0.05, 0.1) is 10.6 Å². The fourth-order valence-corrected chi connectivity index (χ4v) is 6.02. The van der Waals surface area contributed by atoms with Crippen molar-refractivity contribution < 1.29 is 5.11 Å². The molecule has 0 heterocycles. The zero-order chi connectivity index (χ0) is 15.5. The van der Waals surface area contributed by atoms with Gasteiger partial charge in [0.15, 0.2) is 5.43 Å². The monoisotopic (exact) mass is 362 g/mol. The van der Waals surface area contributed by atoms with Crippen LogP contribution in [0.15, 0.2) is 27.5 Å². The Kier molecular flexibility index (Phi) is 3.50. The average molecular weight is 363 g/mol. The minimum atomic E-state index is -0.117. The molecule has 5 atom stereocenters. The Morgan fingerprint density at radius 2 is 2.05 bits per heavy atom. The van der Waals surface area contributed by atoms with Crippen LogP contribution in [0.2, 0.25) is 0 Å². The molecule has 0 unspecified atom stereocenters. The molecule has 3 aliphatic rings. The highest BCUT2D eigenvalue weighted by molar-refractivity contribution is 9.10. The normalized spacial score (nSPS) is 39.8. The second kappa shape index (κ2) is 5.17. The molecule has 118 valence electrons. The van der Waals surface area contributed by atoms with E-state index >= 15 is 0 Å². The largest absolute Gasteiger partial charge is 0.393 e. The summed E-state index contributed by atoms with van der Waals surface area (Å²) in [7, 11) is 0. The molecule has 22 heavy (non-hydrogen) atoms. The van der Waals surface area contributed by atoms with Gasteiger partial charge < -0.3 is 5.11 Å². The molecule has 1 aromatic rings. The molecule has 3 heteroatoms. The number of hydrogen-bond acceptors (Lipinski definition) is 2. The molecule has 0 aliphatic heterocycles. The van der Waals surface area contributed by atoms with E-state index in [-0.39, 0.29) is 16.9 Å². The topological polar surface area (TPSA) is 37.3 Å². The number of aryl methyl sites for hydroxylation is 1. The highest BCUT2D eigenvalue weighted by Gasteiger charge is 2.54. The van der Waals surface area contributed by atoms with Crippen molar-refractivity contribution >= 4 is 15.9 Å². The van der Waals surface area contributed by atoms with Crippen molar-refractivity contribution in [1.29, 1.82) is 0 Å². The van der Waals surface area contributed by atoms with E-state index < -0.39 is 0 Å². The van der Waals surface area contributed by atoms with E-state index in [1.807, 2.05) is 6.07 Å². The Balaban J connectivity index is 1.77. The standard InChI is InChI=1S/C19H23BrO2/c1-19-9-8-13-12-4-6-17(21)16(20)10-11(12)2-3-14(13)15(19)5-7-18(19)22/h4,6,10,13-15,18,22H,2-3,5,7-9H2,1H3/t13-,14-,15+,18+,19+/m1/s1. The van der Waals surface area contributed by atoms with Crippen LogP contribution >= 0.6 is 15.9 Å². The van der Waals surface area contributed by atoms with E-state index in [0.717, 1.165) is 25.7 Å². The number of halogens is 1. The molecule has 0 amide bonds. The Bertz CT molecular complexity index is 671. The highest BCUT2D eigenvalue weighted by atomic mass is 79.9. The minimum Gasteiger partial charge on any atom is -0.393 e. The Hall–Kier alpha value is -0.670. The second-order valence-corrected chi connectivity index (χ2v) is 8.58. The minimum absolute atomic E-state index is 0.0721. The lowest BCUT2D eigenvalue weighted by Gasteiger charge is -2.50. The summed E-state index contributed by atoms with van der Waals surface area (Å²) in [5, 5.41) is 10.4. The molecule has 1 N–H and O–H groups in total. The summed E-state index contributed by atoms with van der Waals surface area (Å²) in [6.07, 6.45) is 6.55. The van der Waals surface area contributed by atoms with E-state index in [1.165, 1.54) is 24.0 Å². The second-order valence-electron chi connectivity index (χ2n) is 7.72. The predicted octanol–water partition coefficient (Wildman–Crippen LogP) is 4.03. The van der Waals surface area contributed by atoms with E-state index in [2.05, 4.69) is 28.9 Å². The molecular formula is C19H23BrO2. The van der Waals surface area contributed by atoms with Crippen LogP contribution in [0.25, 0.3) is 0 Å². The van der Waals surface area contributed by atoms with Crippen LogP contribution in [0.4, 0.5) is 0 Å². The average Bonchev–Trinajstić information content (AvgIpc) is 2.72. The Morgan fingerprint density at radius 1 is 1.23 bits per heavy atom. The zero-order valence-electron chi connectivity index (χ0n) is 13.0. The van der Waals surface area contributed by atoms with Gasteiger partial charge in [-0.05, 0) is 101 Å². The van der Waals surface area contributed by atoms with Crippen molar-refractivity contribution in [2.45, 2.75) is 57.5 Å². The Morgan fingerprint density at radius 3 is 2.86 bits per heavy atom. The first-order chi connectivity index (χ1) is 10.5. The molecular weight excluding hydrogens is 340 g/mol. The van der Waals surface area contributed by atoms with Crippen molar-refractivity contribution in [1.82, 2.24) is 0 Å². The summed E-state index contributed by atoms with van der Waals surface area (Å²) < 4.78 is 0.684. The maximum atomic E-state index is 11.9. The third-order valence-electron chi connectivity index (χ3n) is 6.85. The lowest BCUT2D eigenvalue weighted by Crippen LogP contribution is -2.43. The smallest absolute Gasteiger partial charge is 0.192 e. The fraction of sp³-hybridized carbons (Fsp3) is 0.632. The van der Waals surface area contributed by atoms with Gasteiger partial charge in [-0.15, -0.1) is 0 Å². The van der Waals surface area contributed by atoms with Crippen molar-refractivity contribution in [2.24, 2.45) is 17.3 Å². The van der Waals surface area contributed by atoms with E-state index in [9.17, 15) is 9.90 Å². The van der Waals surface area contributed by atoms with Crippen LogP contribution in [0.5, 0.6) is 0 Å². The van der Waals surface area contributed by atoms with E-state index in [0.29, 0.717) is 22.2 Å². The molecule has 3 aliphatic carbocycles. The molecule has 0 saturated heterocycles. The number of fused-ring (bicyclic) bond motifs is 5. The molecule has 2 fully saturated rings. The van der Waals surface area contributed by atoms with Gasteiger partial charge in [-0.2, -0.15) is 0 Å². The highest BCUT2D eigenvalue weighted by Crippen LogP contribution is 2.60. The lowest BCUT2D eigenvalue weighted by molar-refractivity contribution is -0.0225. The molecule has 0 bridgehead atoms. The predicted molar refractivity (Wildman–Crippen MR) is 91.0 cm³/mol. The van der Waals surface area contributed by atoms with Crippen LogP contribution in [-0.4, -0.2) is 11.2 Å². The molecule has 0 spiro atoms. The van der Waals surface area contributed by atoms with Gasteiger partial charge in [0.2, 0.25) is 0 Å². The van der Waals surface area contributed by atoms with Crippen LogP contribution in [-0.2, 0) is 6.42 Å². The van der Waals surface area contributed by atoms with Crippen molar-refractivity contribution in [3.8, 4) is 0 Å². The maximum absolute atomic E-state index is 11.9. The fourth-order valence-electron chi connectivity index (χ4n) is 5.61. The van der Waals surface area contributed by atoms with Gasteiger partial charge in [0.25, 0.3) is 0 Å². The summed E-state index contributed by atoms with van der Waals surface area (Å²) >= 11 is 3.41. The lowest BCUT2D eigenvalue weighted by atomic mass is 9.55. The first kappa shape index (κ1) is 14.9. The van der Waals surface area contributed by atoms with E-state index in [4.69, 9.17) is 0 Å². The molecule has 2 nitrogen and oxygen atoms in total. The summed E-state index contributed by atoms with van der Waals surface area (Å²) in [6, 6.07) is 5.85. The summed E-state index contributed by atoms with van der Waals surface area (Å²) in [4.78, 5) is 11.9. The van der Waals surface area contributed by atoms with Crippen LogP contribution in [0.3, 0.4) is 0 Å². The quantitative estimate of drug-likeness (QED) is 0.756.